The van der Waals surface area contributed by atoms with E-state index in [1.165, 1.54) is 18.2 Å². The smallest absolute Gasteiger partial charge is 0.408 e. The number of aromatic amines is 1. The minimum atomic E-state index is -3.73. The summed E-state index contributed by atoms with van der Waals surface area (Å²) < 4.78 is 33.0. The monoisotopic (exact) mass is 395 g/mol. The maximum Gasteiger partial charge on any atom is 0.417 e. The number of nitrogens with zero attached hydrogens (tertiary/aromatic N) is 1. The third kappa shape index (κ3) is 3.90. The molecule has 0 fully saturated rings. The normalized spacial score (nSPS) is 13.5. The molecule has 140 valence electrons. The van der Waals surface area contributed by atoms with Crippen molar-refractivity contribution >= 4 is 32.5 Å². The molecule has 26 heavy (non-hydrogen) atoms. The molecule has 0 aliphatic heterocycles. The lowest BCUT2D eigenvalue weighted by atomic mass is 10.2. The van der Waals surface area contributed by atoms with E-state index in [-0.39, 0.29) is 23.1 Å². The third-order valence-electron chi connectivity index (χ3n) is 4.29. The second-order valence-corrected chi connectivity index (χ2v) is 8.52. The molecule has 2 heterocycles. The van der Waals surface area contributed by atoms with Crippen molar-refractivity contribution < 1.29 is 12.8 Å². The second-order valence-electron chi connectivity index (χ2n) is 5.78. The Bertz CT molecular complexity index is 1020. The maximum absolute atomic E-state index is 12.7. The summed E-state index contributed by atoms with van der Waals surface area (Å²) in [6.07, 6.45) is 0. The van der Waals surface area contributed by atoms with E-state index in [0.717, 1.165) is 18.0 Å². The van der Waals surface area contributed by atoms with E-state index < -0.39 is 15.8 Å². The van der Waals surface area contributed by atoms with Crippen LogP contribution in [0.15, 0.2) is 49.8 Å². The number of sulfonamides is 1. The SMILES string of the molecule is CCN(CC)C(CNS(=O)(=O)c1ccc2[nH]c(=O)oc2c1)c1cccs1. The van der Waals surface area contributed by atoms with Crippen molar-refractivity contribution in [3.63, 3.8) is 0 Å². The average molecular weight is 396 g/mol. The van der Waals surface area contributed by atoms with Crippen LogP contribution < -0.4 is 10.5 Å². The van der Waals surface area contributed by atoms with Crippen molar-refractivity contribution in [3.05, 3.63) is 51.1 Å². The third-order valence-corrected chi connectivity index (χ3v) is 6.69. The highest BCUT2D eigenvalue weighted by molar-refractivity contribution is 7.89. The minimum Gasteiger partial charge on any atom is -0.408 e. The number of H-pyrrole nitrogens is 1. The molecule has 0 aliphatic carbocycles. The van der Waals surface area contributed by atoms with E-state index in [4.69, 9.17) is 4.42 Å². The molecule has 0 spiro atoms. The Balaban J connectivity index is 1.83. The molecule has 0 amide bonds. The Hall–Kier alpha value is -1.94. The number of aromatic nitrogens is 1. The van der Waals surface area contributed by atoms with Crippen LogP contribution in [0, 0.1) is 0 Å². The highest BCUT2D eigenvalue weighted by atomic mass is 32.2. The van der Waals surface area contributed by atoms with Crippen LogP contribution >= 0.6 is 11.3 Å². The number of thiophene rings is 1. The Morgan fingerprint density at radius 3 is 2.69 bits per heavy atom. The molecule has 0 aliphatic rings. The summed E-state index contributed by atoms with van der Waals surface area (Å²) in [5.74, 6) is -0.609. The number of hydrogen-bond acceptors (Lipinski definition) is 6. The van der Waals surface area contributed by atoms with Gasteiger partial charge in [0.05, 0.1) is 16.5 Å². The van der Waals surface area contributed by atoms with E-state index >= 15 is 0 Å². The summed E-state index contributed by atoms with van der Waals surface area (Å²) >= 11 is 1.61. The number of oxazole rings is 1. The molecule has 2 aromatic heterocycles. The molecule has 1 aromatic carbocycles. The Kier molecular flexibility index (Phi) is 5.61. The standard InChI is InChI=1S/C17H21N3O4S2/c1-3-20(4-2)14(16-6-5-9-25-16)11-18-26(22,23)12-7-8-13-15(10-12)24-17(21)19-13/h5-10,14,18H,3-4,11H2,1-2H3,(H,19,21). The Labute approximate surface area is 155 Å². The number of rotatable bonds is 8. The Morgan fingerprint density at radius 2 is 2.04 bits per heavy atom. The lowest BCUT2D eigenvalue weighted by molar-refractivity contribution is 0.223. The average Bonchev–Trinajstić information content (AvgIpc) is 3.26. The van der Waals surface area contributed by atoms with Gasteiger partial charge in [-0.05, 0) is 36.7 Å². The first kappa shape index (κ1) is 18.8. The van der Waals surface area contributed by atoms with Gasteiger partial charge in [-0.3, -0.25) is 9.88 Å². The lowest BCUT2D eigenvalue weighted by Gasteiger charge is -2.29. The number of hydrogen-bond donors (Lipinski definition) is 2. The molecule has 1 unspecified atom stereocenters. The highest BCUT2D eigenvalue weighted by Crippen LogP contribution is 2.25. The van der Waals surface area contributed by atoms with Crippen LogP contribution in [0.25, 0.3) is 11.1 Å². The zero-order valence-corrected chi connectivity index (χ0v) is 16.2. The summed E-state index contributed by atoms with van der Waals surface area (Å²) in [5.41, 5.74) is 0.685. The molecule has 3 aromatic rings. The summed E-state index contributed by atoms with van der Waals surface area (Å²) in [7, 11) is -3.73. The molecule has 7 nitrogen and oxygen atoms in total. The maximum atomic E-state index is 12.7. The molecule has 0 saturated heterocycles. The van der Waals surface area contributed by atoms with Gasteiger partial charge in [-0.2, -0.15) is 0 Å². The topological polar surface area (TPSA) is 95.4 Å². The summed E-state index contributed by atoms with van der Waals surface area (Å²) in [5, 5.41) is 1.99. The van der Waals surface area contributed by atoms with Gasteiger partial charge in [0.2, 0.25) is 10.0 Å². The van der Waals surface area contributed by atoms with Gasteiger partial charge < -0.3 is 4.42 Å². The van der Waals surface area contributed by atoms with Gasteiger partial charge in [0.1, 0.15) is 0 Å². The number of likely N-dealkylation sites (N-methyl/N-ethyl adjacent to an activating group) is 1. The zero-order chi connectivity index (χ0) is 18.7. The van der Waals surface area contributed by atoms with Crippen molar-refractivity contribution in [2.75, 3.05) is 19.6 Å². The fourth-order valence-electron chi connectivity index (χ4n) is 2.92. The van der Waals surface area contributed by atoms with Crippen LogP contribution in [0.5, 0.6) is 0 Å². The first-order chi connectivity index (χ1) is 12.4. The van der Waals surface area contributed by atoms with Gasteiger partial charge in [-0.15, -0.1) is 11.3 Å². The van der Waals surface area contributed by atoms with Gasteiger partial charge in [0.25, 0.3) is 0 Å². The van der Waals surface area contributed by atoms with Crippen molar-refractivity contribution in [2.24, 2.45) is 0 Å². The van der Waals surface area contributed by atoms with Crippen LogP contribution in [-0.2, 0) is 10.0 Å². The van der Waals surface area contributed by atoms with E-state index in [9.17, 15) is 13.2 Å². The first-order valence-corrected chi connectivity index (χ1v) is 10.7. The van der Waals surface area contributed by atoms with Crippen LogP contribution in [0.4, 0.5) is 0 Å². The lowest BCUT2D eigenvalue weighted by Crippen LogP contribution is -2.37. The quantitative estimate of drug-likeness (QED) is 0.611. The van der Waals surface area contributed by atoms with Gasteiger partial charge in [0, 0.05) is 17.5 Å². The second kappa shape index (κ2) is 7.75. The molecule has 1 atom stereocenters. The Morgan fingerprint density at radius 1 is 1.27 bits per heavy atom. The molecular formula is C17H21N3O4S2. The van der Waals surface area contributed by atoms with E-state index in [0.29, 0.717) is 5.52 Å². The van der Waals surface area contributed by atoms with Gasteiger partial charge in [-0.1, -0.05) is 19.9 Å². The first-order valence-electron chi connectivity index (χ1n) is 8.34. The van der Waals surface area contributed by atoms with Crippen molar-refractivity contribution in [2.45, 2.75) is 24.8 Å². The van der Waals surface area contributed by atoms with Gasteiger partial charge >= 0.3 is 5.76 Å². The van der Waals surface area contributed by atoms with Gasteiger partial charge in [0.15, 0.2) is 5.58 Å². The van der Waals surface area contributed by atoms with Crippen LogP contribution in [0.3, 0.4) is 0 Å². The van der Waals surface area contributed by atoms with Crippen LogP contribution in [0.2, 0.25) is 0 Å². The zero-order valence-electron chi connectivity index (χ0n) is 14.6. The van der Waals surface area contributed by atoms with E-state index in [1.54, 1.807) is 11.3 Å². The summed E-state index contributed by atoms with van der Waals surface area (Å²) in [6.45, 7) is 6.02. The van der Waals surface area contributed by atoms with Gasteiger partial charge in [-0.25, -0.2) is 17.9 Å². The van der Waals surface area contributed by atoms with Crippen molar-refractivity contribution in [1.29, 1.82) is 0 Å². The van der Waals surface area contributed by atoms with E-state index in [2.05, 4.69) is 28.5 Å². The minimum absolute atomic E-state index is 0.0336. The highest BCUT2D eigenvalue weighted by Gasteiger charge is 2.23. The van der Waals surface area contributed by atoms with E-state index in [1.807, 2.05) is 17.5 Å². The fourth-order valence-corrected chi connectivity index (χ4v) is 4.83. The fraction of sp³-hybridized carbons (Fsp3) is 0.353. The molecule has 0 saturated carbocycles. The van der Waals surface area contributed by atoms with Crippen LogP contribution in [0.1, 0.15) is 24.8 Å². The molecule has 0 bridgehead atoms. The number of nitrogens with one attached hydrogen (secondary N) is 2. The number of benzene rings is 1. The molecule has 2 N–H and O–H groups in total. The van der Waals surface area contributed by atoms with Crippen molar-refractivity contribution in [1.82, 2.24) is 14.6 Å². The molecular weight excluding hydrogens is 374 g/mol. The predicted molar refractivity (Wildman–Crippen MR) is 102 cm³/mol. The predicted octanol–water partition coefficient (Wildman–Crippen LogP) is 2.54. The van der Waals surface area contributed by atoms with Crippen LogP contribution in [-0.4, -0.2) is 37.9 Å². The largest absolute Gasteiger partial charge is 0.417 e. The molecule has 3 rings (SSSR count). The number of fused-ring (bicyclic) bond motifs is 1. The molecule has 0 radical (unpaired) electrons. The molecule has 9 heteroatoms. The van der Waals surface area contributed by atoms with Crippen molar-refractivity contribution in [3.8, 4) is 0 Å². The summed E-state index contributed by atoms with van der Waals surface area (Å²) in [4.78, 5) is 17.1. The summed E-state index contributed by atoms with van der Waals surface area (Å²) in [6, 6.07) is 8.28.